The number of rotatable bonds is 3. The minimum atomic E-state index is 0.111. The highest BCUT2D eigenvalue weighted by Crippen LogP contribution is 2.38. The molecule has 3 aromatic rings. The Morgan fingerprint density at radius 1 is 1.00 bits per heavy atom. The molecule has 1 heterocycles. The second-order valence-corrected chi connectivity index (χ2v) is 7.06. The maximum Gasteiger partial charge on any atom is 0.130 e. The highest BCUT2D eigenvalue weighted by molar-refractivity contribution is 7.99. The first-order valence-electron chi connectivity index (χ1n) is 7.89. The summed E-state index contributed by atoms with van der Waals surface area (Å²) < 4.78 is 2.12. The molecule has 3 nitrogen and oxygen atoms in total. The summed E-state index contributed by atoms with van der Waals surface area (Å²) in [7, 11) is 2.02. The normalized spacial score (nSPS) is 10.3. The van der Waals surface area contributed by atoms with Gasteiger partial charge in [-0.3, -0.25) is 0 Å². The highest BCUT2D eigenvalue weighted by atomic mass is 32.2. The molecule has 0 amide bonds. The van der Waals surface area contributed by atoms with Gasteiger partial charge in [-0.25, -0.2) is 0 Å². The molecule has 0 aliphatic carbocycles. The van der Waals surface area contributed by atoms with Gasteiger partial charge in [-0.1, -0.05) is 41.1 Å². The quantitative estimate of drug-likeness (QED) is 0.600. The summed E-state index contributed by atoms with van der Waals surface area (Å²) in [6, 6.07) is 18.5. The average molecular weight is 343 g/mol. The second kappa shape index (κ2) is 6.89. The lowest BCUT2D eigenvalue weighted by molar-refractivity contribution is 0.859. The smallest absolute Gasteiger partial charge is 0.130 e. The van der Waals surface area contributed by atoms with Crippen molar-refractivity contribution in [3.63, 3.8) is 0 Å². The molecule has 0 aliphatic rings. The van der Waals surface area contributed by atoms with Gasteiger partial charge in [0.15, 0.2) is 0 Å². The van der Waals surface area contributed by atoms with Crippen molar-refractivity contribution in [2.45, 2.75) is 23.8 Å². The van der Waals surface area contributed by atoms with Gasteiger partial charge in [-0.2, -0.15) is 10.5 Å². The summed E-state index contributed by atoms with van der Waals surface area (Å²) in [6.45, 7) is 4.11. The lowest BCUT2D eigenvalue weighted by atomic mass is 10.1. The van der Waals surface area contributed by atoms with Crippen molar-refractivity contribution in [1.29, 1.82) is 10.5 Å². The van der Waals surface area contributed by atoms with Crippen LogP contribution in [0.2, 0.25) is 0 Å². The van der Waals surface area contributed by atoms with Gasteiger partial charge in [0.2, 0.25) is 0 Å². The van der Waals surface area contributed by atoms with E-state index in [-0.39, 0.29) is 5.57 Å². The van der Waals surface area contributed by atoms with E-state index < -0.39 is 0 Å². The molecule has 0 bridgehead atoms. The molecule has 0 saturated carbocycles. The van der Waals surface area contributed by atoms with E-state index in [4.69, 9.17) is 0 Å². The molecule has 25 heavy (non-hydrogen) atoms. The number of aromatic nitrogens is 1. The van der Waals surface area contributed by atoms with Crippen LogP contribution in [0.4, 0.5) is 0 Å². The van der Waals surface area contributed by atoms with E-state index in [1.165, 1.54) is 5.56 Å². The average Bonchev–Trinajstić information content (AvgIpc) is 2.86. The van der Waals surface area contributed by atoms with Gasteiger partial charge in [0, 0.05) is 28.4 Å². The lowest BCUT2D eigenvalue weighted by Crippen LogP contribution is -1.90. The summed E-state index contributed by atoms with van der Waals surface area (Å²) in [5.74, 6) is 0. The Labute approximate surface area is 151 Å². The van der Waals surface area contributed by atoms with E-state index >= 15 is 0 Å². The molecule has 0 saturated heterocycles. The number of nitrogens with zero attached hydrogens (tertiary/aromatic N) is 3. The number of aryl methyl sites for hydroxylation is 3. The van der Waals surface area contributed by atoms with Crippen molar-refractivity contribution in [3.8, 4) is 12.1 Å². The van der Waals surface area contributed by atoms with Crippen molar-refractivity contribution in [3.05, 3.63) is 64.7 Å². The van der Waals surface area contributed by atoms with E-state index in [1.54, 1.807) is 17.8 Å². The first-order valence-corrected chi connectivity index (χ1v) is 8.70. The summed E-state index contributed by atoms with van der Waals surface area (Å²) >= 11 is 1.64. The molecule has 0 N–H and O–H groups in total. The minimum absolute atomic E-state index is 0.111. The van der Waals surface area contributed by atoms with Gasteiger partial charge >= 0.3 is 0 Å². The van der Waals surface area contributed by atoms with Crippen molar-refractivity contribution in [1.82, 2.24) is 4.57 Å². The molecule has 0 unspecified atom stereocenters. The van der Waals surface area contributed by atoms with Gasteiger partial charge < -0.3 is 4.57 Å². The van der Waals surface area contributed by atoms with Crippen molar-refractivity contribution < 1.29 is 0 Å². The first kappa shape index (κ1) is 16.9. The molecule has 1 aromatic heterocycles. The molecular weight excluding hydrogens is 326 g/mol. The number of hydrogen-bond donors (Lipinski definition) is 0. The first-order chi connectivity index (χ1) is 12.0. The van der Waals surface area contributed by atoms with Crippen LogP contribution in [-0.4, -0.2) is 4.57 Å². The van der Waals surface area contributed by atoms with Gasteiger partial charge in [0.05, 0.1) is 5.03 Å². The standard InChI is InChI=1S/C21H17N3S/c1-14-4-7-17(8-5-14)25-21-19(11-16(12-22)13-23)18-10-15(2)6-9-20(18)24(21)3/h4-11H,1-3H3. The van der Waals surface area contributed by atoms with Gasteiger partial charge in [-0.15, -0.1) is 0 Å². The zero-order chi connectivity index (χ0) is 18.0. The van der Waals surface area contributed by atoms with E-state index in [2.05, 4.69) is 54.0 Å². The molecule has 3 rings (SSSR count). The second-order valence-electron chi connectivity index (χ2n) is 6.00. The molecular formula is C21H17N3S. The topological polar surface area (TPSA) is 52.5 Å². The van der Waals surface area contributed by atoms with Crippen LogP contribution in [0.25, 0.3) is 17.0 Å². The van der Waals surface area contributed by atoms with Crippen molar-refractivity contribution in [2.24, 2.45) is 7.05 Å². The molecule has 0 aliphatic heterocycles. The minimum Gasteiger partial charge on any atom is -0.338 e. The largest absolute Gasteiger partial charge is 0.338 e. The Hall–Kier alpha value is -2.95. The van der Waals surface area contributed by atoms with Crippen LogP contribution in [-0.2, 0) is 7.05 Å². The Balaban J connectivity index is 2.24. The van der Waals surface area contributed by atoms with E-state index in [0.717, 1.165) is 32.0 Å². The van der Waals surface area contributed by atoms with E-state index in [1.807, 2.05) is 26.1 Å². The van der Waals surface area contributed by atoms with Crippen LogP contribution in [0.5, 0.6) is 0 Å². The lowest BCUT2D eigenvalue weighted by Gasteiger charge is -2.06. The van der Waals surface area contributed by atoms with Crippen LogP contribution >= 0.6 is 11.8 Å². The van der Waals surface area contributed by atoms with E-state index in [9.17, 15) is 10.5 Å². The maximum atomic E-state index is 9.18. The van der Waals surface area contributed by atoms with E-state index in [0.29, 0.717) is 0 Å². The Morgan fingerprint density at radius 2 is 1.64 bits per heavy atom. The predicted octanol–water partition coefficient (Wildman–Crippen LogP) is 5.38. The third kappa shape index (κ3) is 3.31. The third-order valence-corrected chi connectivity index (χ3v) is 5.30. The molecule has 0 radical (unpaired) electrons. The van der Waals surface area contributed by atoms with Crippen molar-refractivity contribution in [2.75, 3.05) is 0 Å². The summed E-state index contributed by atoms with van der Waals surface area (Å²) in [5.41, 5.74) is 4.48. The fraction of sp³-hybridized carbons (Fsp3) is 0.143. The van der Waals surface area contributed by atoms with Crippen LogP contribution < -0.4 is 0 Å². The number of hydrogen-bond acceptors (Lipinski definition) is 3. The Morgan fingerprint density at radius 3 is 2.28 bits per heavy atom. The Bertz CT molecular complexity index is 1040. The van der Waals surface area contributed by atoms with Gasteiger partial charge in [0.1, 0.15) is 17.7 Å². The zero-order valence-electron chi connectivity index (χ0n) is 14.4. The molecule has 0 fully saturated rings. The highest BCUT2D eigenvalue weighted by Gasteiger charge is 2.16. The fourth-order valence-corrected chi connectivity index (χ4v) is 3.79. The molecule has 0 atom stereocenters. The number of nitriles is 2. The number of allylic oxidation sites excluding steroid dienone is 1. The summed E-state index contributed by atoms with van der Waals surface area (Å²) in [5, 5.41) is 20.4. The zero-order valence-corrected chi connectivity index (χ0v) is 15.2. The predicted molar refractivity (Wildman–Crippen MR) is 102 cm³/mol. The third-order valence-electron chi connectivity index (χ3n) is 4.10. The number of benzene rings is 2. The van der Waals surface area contributed by atoms with Crippen molar-refractivity contribution >= 4 is 28.7 Å². The molecule has 122 valence electrons. The number of fused-ring (bicyclic) bond motifs is 1. The van der Waals surface area contributed by atoms with Crippen LogP contribution in [0.3, 0.4) is 0 Å². The summed E-state index contributed by atoms with van der Waals surface area (Å²) in [4.78, 5) is 1.12. The fourth-order valence-electron chi connectivity index (χ4n) is 2.78. The molecule has 2 aromatic carbocycles. The van der Waals surface area contributed by atoms with Gasteiger partial charge in [-0.05, 0) is 44.2 Å². The van der Waals surface area contributed by atoms with Gasteiger partial charge in [0.25, 0.3) is 0 Å². The SMILES string of the molecule is Cc1ccc(Sc2c(C=C(C#N)C#N)c3cc(C)ccc3n2C)cc1. The van der Waals surface area contributed by atoms with Crippen LogP contribution in [0, 0.1) is 36.5 Å². The van der Waals surface area contributed by atoms with Crippen LogP contribution in [0.1, 0.15) is 16.7 Å². The maximum absolute atomic E-state index is 9.18. The molecule has 0 spiro atoms. The summed E-state index contributed by atoms with van der Waals surface area (Å²) in [6.07, 6.45) is 1.69. The monoisotopic (exact) mass is 343 g/mol. The molecule has 4 heteroatoms. The Kier molecular flexibility index (Phi) is 4.65. The van der Waals surface area contributed by atoms with Crippen LogP contribution in [0.15, 0.2) is 58.0 Å².